The molecule has 0 saturated carbocycles. The van der Waals surface area contributed by atoms with Crippen molar-refractivity contribution in [3.63, 3.8) is 0 Å². The van der Waals surface area contributed by atoms with E-state index in [1.54, 1.807) is 20.8 Å². The number of barbiturate groups is 1. The predicted molar refractivity (Wildman–Crippen MR) is 142 cm³/mol. The molecule has 0 aliphatic carbocycles. The number of urea groups is 1. The van der Waals surface area contributed by atoms with Gasteiger partial charge < -0.3 is 18.8 Å². The van der Waals surface area contributed by atoms with E-state index < -0.39 is 70.4 Å². The maximum atomic E-state index is 16.2. The number of imide groups is 2. The number of nitrogens with one attached hydrogen (secondary N) is 2. The monoisotopic (exact) mass is 585 g/mol. The van der Waals surface area contributed by atoms with Gasteiger partial charge in [0.2, 0.25) is 11.8 Å². The third kappa shape index (κ3) is 7.30. The van der Waals surface area contributed by atoms with Crippen molar-refractivity contribution in [1.82, 2.24) is 14.9 Å². The minimum absolute atomic E-state index is 0.143. The first kappa shape index (κ1) is 30.6. The second kappa shape index (κ2) is 13.1. The molecule has 1 aromatic rings. The van der Waals surface area contributed by atoms with Crippen molar-refractivity contribution in [2.45, 2.75) is 82.0 Å². The van der Waals surface area contributed by atoms with Crippen molar-refractivity contribution >= 4 is 29.2 Å². The van der Waals surface area contributed by atoms with Crippen LogP contribution in [0.4, 0.5) is 13.6 Å². The summed E-state index contributed by atoms with van der Waals surface area (Å²) in [4.78, 5) is 39.5. The standard InChI is InChI=1S/C27H37F2N3O7S/c1-27(2,3)40(36)31-23(19-14-18(4-5-21(19)28)39-17-8-12-38-13-9-17)22(29)15-20-24(33)30-26(35)32(25(20)34)16-6-10-37-11-7-16/h4-5,14,16-17,20,22-23,31H,6-13,15H2,1-3H3,(H,30,33,35). The maximum absolute atomic E-state index is 16.2. The van der Waals surface area contributed by atoms with Crippen LogP contribution >= 0.6 is 0 Å². The molecule has 13 heteroatoms. The van der Waals surface area contributed by atoms with E-state index >= 15 is 8.78 Å². The Morgan fingerprint density at radius 3 is 2.38 bits per heavy atom. The highest BCUT2D eigenvalue weighted by Gasteiger charge is 2.46. The van der Waals surface area contributed by atoms with Crippen molar-refractivity contribution in [3.8, 4) is 5.75 Å². The van der Waals surface area contributed by atoms with Gasteiger partial charge in [-0.25, -0.2) is 13.6 Å². The van der Waals surface area contributed by atoms with Crippen molar-refractivity contribution in [3.05, 3.63) is 29.6 Å². The molecule has 222 valence electrons. The Labute approximate surface area is 235 Å². The van der Waals surface area contributed by atoms with Crippen LogP contribution in [0.2, 0.25) is 0 Å². The second-order valence-corrected chi connectivity index (χ2v) is 13.2. The molecular formula is C27H37F2N3O7S. The smallest absolute Gasteiger partial charge is 0.331 e. The zero-order valence-electron chi connectivity index (χ0n) is 23.0. The van der Waals surface area contributed by atoms with Crippen molar-refractivity contribution in [2.75, 3.05) is 26.4 Å². The Bertz CT molecular complexity index is 1080. The van der Waals surface area contributed by atoms with Gasteiger partial charge in [-0.05, 0) is 51.8 Å². The lowest BCUT2D eigenvalue weighted by molar-refractivity contribution is -0.146. The normalized spacial score (nSPS) is 24.0. The van der Waals surface area contributed by atoms with Crippen LogP contribution in [0.25, 0.3) is 0 Å². The summed E-state index contributed by atoms with van der Waals surface area (Å²) in [5.74, 6) is -3.70. The Morgan fingerprint density at radius 1 is 1.12 bits per heavy atom. The summed E-state index contributed by atoms with van der Waals surface area (Å²) in [5.41, 5.74) is -0.143. The molecule has 4 unspecified atom stereocenters. The first-order valence-electron chi connectivity index (χ1n) is 13.6. The molecular weight excluding hydrogens is 548 g/mol. The number of rotatable bonds is 9. The zero-order chi connectivity index (χ0) is 29.0. The average Bonchev–Trinajstić information content (AvgIpc) is 2.91. The Hall–Kier alpha value is -2.32. The fourth-order valence-electron chi connectivity index (χ4n) is 4.94. The fraction of sp³-hybridized carbons (Fsp3) is 0.667. The molecule has 0 bridgehead atoms. The van der Waals surface area contributed by atoms with E-state index in [2.05, 4.69) is 10.0 Å². The molecule has 0 aromatic heterocycles. The molecule has 4 rings (SSSR count). The van der Waals surface area contributed by atoms with Gasteiger partial charge in [0, 0.05) is 55.4 Å². The van der Waals surface area contributed by atoms with E-state index in [4.69, 9.17) is 14.2 Å². The molecule has 3 saturated heterocycles. The molecule has 4 atom stereocenters. The van der Waals surface area contributed by atoms with Gasteiger partial charge in [-0.3, -0.25) is 19.8 Å². The minimum Gasteiger partial charge on any atom is -0.598 e. The molecule has 3 aliphatic heterocycles. The van der Waals surface area contributed by atoms with Crippen LogP contribution < -0.4 is 14.8 Å². The van der Waals surface area contributed by atoms with Crippen LogP contribution in [0.3, 0.4) is 0 Å². The Morgan fingerprint density at radius 2 is 1.75 bits per heavy atom. The van der Waals surface area contributed by atoms with Gasteiger partial charge in [-0.15, -0.1) is 4.72 Å². The van der Waals surface area contributed by atoms with Crippen LogP contribution in [0.1, 0.15) is 64.5 Å². The van der Waals surface area contributed by atoms with Gasteiger partial charge >= 0.3 is 6.03 Å². The zero-order valence-corrected chi connectivity index (χ0v) is 23.8. The molecule has 40 heavy (non-hydrogen) atoms. The summed E-state index contributed by atoms with van der Waals surface area (Å²) in [6, 6.07) is 1.14. The van der Waals surface area contributed by atoms with E-state index in [1.165, 1.54) is 12.1 Å². The number of carbonyl (C=O) groups is 3. The summed E-state index contributed by atoms with van der Waals surface area (Å²) in [6.07, 6.45) is -0.728. The lowest BCUT2D eigenvalue weighted by Gasteiger charge is -2.38. The first-order valence-corrected chi connectivity index (χ1v) is 14.7. The van der Waals surface area contributed by atoms with Gasteiger partial charge in [-0.1, -0.05) is 0 Å². The number of carbonyl (C=O) groups excluding carboxylic acids is 3. The van der Waals surface area contributed by atoms with Gasteiger partial charge in [0.1, 0.15) is 40.5 Å². The number of amides is 4. The second-order valence-electron chi connectivity index (χ2n) is 11.2. The number of benzene rings is 1. The van der Waals surface area contributed by atoms with E-state index in [1.807, 2.05) is 0 Å². The largest absolute Gasteiger partial charge is 0.598 e. The van der Waals surface area contributed by atoms with Gasteiger partial charge in [0.25, 0.3) is 0 Å². The molecule has 3 aliphatic rings. The molecule has 2 N–H and O–H groups in total. The van der Waals surface area contributed by atoms with Gasteiger partial charge in [0.15, 0.2) is 0 Å². The highest BCUT2D eigenvalue weighted by atomic mass is 32.2. The third-order valence-electron chi connectivity index (χ3n) is 7.24. The maximum Gasteiger partial charge on any atom is 0.331 e. The van der Waals surface area contributed by atoms with Crippen molar-refractivity contribution in [2.24, 2.45) is 5.92 Å². The lowest BCUT2D eigenvalue weighted by atomic mass is 9.90. The summed E-state index contributed by atoms with van der Waals surface area (Å²) in [5, 5.41) is 2.16. The quantitative estimate of drug-likeness (QED) is 0.334. The number of hydrogen-bond donors (Lipinski definition) is 2. The van der Waals surface area contributed by atoms with Crippen LogP contribution in [0, 0.1) is 11.7 Å². The number of halogens is 2. The molecule has 0 radical (unpaired) electrons. The number of hydrogen-bond acceptors (Lipinski definition) is 8. The van der Waals surface area contributed by atoms with Gasteiger partial charge in [-0.2, -0.15) is 0 Å². The van der Waals surface area contributed by atoms with Crippen LogP contribution in [-0.2, 0) is 30.4 Å². The van der Waals surface area contributed by atoms with Crippen molar-refractivity contribution < 1.29 is 41.9 Å². The molecule has 10 nitrogen and oxygen atoms in total. The number of alkyl halides is 1. The fourth-order valence-corrected chi connectivity index (χ4v) is 5.79. The first-order chi connectivity index (χ1) is 19.0. The third-order valence-corrected chi connectivity index (χ3v) is 8.82. The minimum atomic E-state index is -2.02. The van der Waals surface area contributed by atoms with Crippen LogP contribution in [0.15, 0.2) is 18.2 Å². The Kier molecular flexibility index (Phi) is 10.0. The lowest BCUT2D eigenvalue weighted by Crippen LogP contribution is -2.62. The molecule has 0 spiro atoms. The SMILES string of the molecule is CC(C)(C)[S+]([O-])NC(c1cc(OC2CCOCC2)ccc1F)C(F)CC1C(=O)NC(=O)N(C2CCOCC2)C1=O. The van der Waals surface area contributed by atoms with E-state index in [0.29, 0.717) is 57.9 Å². The molecule has 3 fully saturated rings. The summed E-state index contributed by atoms with van der Waals surface area (Å²) in [7, 11) is 0. The molecule has 4 amide bonds. The molecule has 3 heterocycles. The molecule has 1 aromatic carbocycles. The van der Waals surface area contributed by atoms with Crippen LogP contribution in [-0.4, -0.2) is 76.8 Å². The summed E-state index contributed by atoms with van der Waals surface area (Å²) in [6.45, 7) is 6.80. The van der Waals surface area contributed by atoms with E-state index in [0.717, 1.165) is 11.0 Å². The Balaban J connectivity index is 1.59. The topological polar surface area (TPSA) is 129 Å². The highest BCUT2D eigenvalue weighted by Crippen LogP contribution is 2.34. The predicted octanol–water partition coefficient (Wildman–Crippen LogP) is 3.08. The van der Waals surface area contributed by atoms with Gasteiger partial charge in [0.05, 0.1) is 13.2 Å². The average molecular weight is 586 g/mol. The highest BCUT2D eigenvalue weighted by molar-refractivity contribution is 7.90. The number of ether oxygens (including phenoxy) is 3. The van der Waals surface area contributed by atoms with Crippen LogP contribution in [0.5, 0.6) is 5.75 Å². The van der Waals surface area contributed by atoms with E-state index in [-0.39, 0.29) is 11.7 Å². The number of nitrogens with zero attached hydrogens (tertiary/aromatic N) is 1. The summed E-state index contributed by atoms with van der Waals surface area (Å²) < 4.78 is 62.9. The summed E-state index contributed by atoms with van der Waals surface area (Å²) >= 11 is -1.83. The van der Waals surface area contributed by atoms with Crippen molar-refractivity contribution in [1.29, 1.82) is 0 Å². The van der Waals surface area contributed by atoms with E-state index in [9.17, 15) is 18.9 Å².